The number of carbonyl (C=O) groups excluding carboxylic acids is 2. The van der Waals surface area contributed by atoms with Gasteiger partial charge in [-0.1, -0.05) is 64.1 Å². The van der Waals surface area contributed by atoms with Crippen LogP contribution >= 0.6 is 0 Å². The molecule has 1 aromatic rings. The van der Waals surface area contributed by atoms with Gasteiger partial charge in [0, 0.05) is 19.5 Å². The summed E-state index contributed by atoms with van der Waals surface area (Å²) in [7, 11) is 0. The first kappa shape index (κ1) is 26.4. The molecule has 7 nitrogen and oxygen atoms in total. The Balaban J connectivity index is 0. The second-order valence-corrected chi connectivity index (χ2v) is 4.95. The number of urea groups is 2. The number of nitrogens with zero attached hydrogens (tertiary/aromatic N) is 1. The second kappa shape index (κ2) is 16.6. The van der Waals surface area contributed by atoms with E-state index < -0.39 is 18.0 Å². The van der Waals surface area contributed by atoms with Crippen LogP contribution in [0.3, 0.4) is 0 Å². The fourth-order valence-corrected chi connectivity index (χ4v) is 1.83. The van der Waals surface area contributed by atoms with Gasteiger partial charge in [0.2, 0.25) is 0 Å². The molecule has 0 atom stereocenters. The van der Waals surface area contributed by atoms with Gasteiger partial charge in [0.1, 0.15) is 0 Å². The summed E-state index contributed by atoms with van der Waals surface area (Å²) in [6, 6.07) is 6.39. The highest BCUT2D eigenvalue weighted by atomic mass is 16.4. The highest BCUT2D eigenvalue weighted by Gasteiger charge is 2.20. The molecule has 0 fully saturated rings. The summed E-state index contributed by atoms with van der Waals surface area (Å²) in [5.41, 5.74) is 2.01. The van der Waals surface area contributed by atoms with Gasteiger partial charge < -0.3 is 15.7 Å². The zero-order valence-electron chi connectivity index (χ0n) is 17.0. The molecule has 0 unspecified atom stereocenters. The zero-order chi connectivity index (χ0) is 21.2. The van der Waals surface area contributed by atoms with Crippen molar-refractivity contribution in [2.75, 3.05) is 6.54 Å². The van der Waals surface area contributed by atoms with Crippen LogP contribution in [-0.4, -0.2) is 34.6 Å². The minimum absolute atomic E-state index is 0.00566. The predicted molar refractivity (Wildman–Crippen MR) is 108 cm³/mol. The zero-order valence-corrected chi connectivity index (χ0v) is 17.0. The molecule has 4 amide bonds. The molecule has 0 radical (unpaired) electrons. The quantitative estimate of drug-likeness (QED) is 0.658. The molecule has 27 heavy (non-hydrogen) atoms. The molecule has 7 heteroatoms. The summed E-state index contributed by atoms with van der Waals surface area (Å²) in [5, 5.41) is 13.6. The molecule has 1 aromatic carbocycles. The first-order chi connectivity index (χ1) is 12.9. The largest absolute Gasteiger partial charge is 0.481 e. The number of imide groups is 1. The smallest absolute Gasteiger partial charge is 0.329 e. The number of benzene rings is 1. The van der Waals surface area contributed by atoms with Crippen LogP contribution in [0.5, 0.6) is 0 Å². The van der Waals surface area contributed by atoms with Crippen molar-refractivity contribution in [3.63, 3.8) is 0 Å². The first-order valence-electron chi connectivity index (χ1n) is 9.18. The van der Waals surface area contributed by atoms with E-state index in [-0.39, 0.29) is 25.9 Å². The number of aliphatic carboxylic acids is 1. The number of carboxylic acids is 1. The fraction of sp³-hybridized carbons (Fsp3) is 0.450. The number of carboxylic acid groups (broad SMARTS) is 1. The van der Waals surface area contributed by atoms with Crippen molar-refractivity contribution in [1.82, 2.24) is 15.5 Å². The maximum Gasteiger partial charge on any atom is 0.329 e. The maximum atomic E-state index is 12.1. The minimum atomic E-state index is -0.978. The maximum absolute atomic E-state index is 12.1. The molecule has 0 aliphatic carbocycles. The number of amides is 4. The highest BCUT2D eigenvalue weighted by Crippen LogP contribution is 2.04. The lowest BCUT2D eigenvalue weighted by Crippen LogP contribution is -2.47. The molecular weight excluding hydrogens is 346 g/mol. The van der Waals surface area contributed by atoms with Gasteiger partial charge in [-0.15, -0.1) is 0 Å². The van der Waals surface area contributed by atoms with Gasteiger partial charge in [-0.05, 0) is 25.1 Å². The molecule has 0 saturated heterocycles. The topological polar surface area (TPSA) is 98.7 Å². The number of carbonyl (C=O) groups is 3. The van der Waals surface area contributed by atoms with Gasteiger partial charge in [0.15, 0.2) is 0 Å². The predicted octanol–water partition coefficient (Wildman–Crippen LogP) is 4.28. The van der Waals surface area contributed by atoms with Crippen LogP contribution in [0.4, 0.5) is 9.59 Å². The SMILES string of the molecule is C=CNC(=O)N(CCCC(=O)O)C(=O)NCc1ccc(C)cc1.CC.CC. The molecule has 0 spiro atoms. The van der Waals surface area contributed by atoms with E-state index in [2.05, 4.69) is 17.2 Å². The number of nitrogens with one attached hydrogen (secondary N) is 2. The van der Waals surface area contributed by atoms with Crippen LogP contribution < -0.4 is 10.6 Å². The molecule has 0 aliphatic rings. The number of aryl methyl sites for hydroxylation is 1. The average Bonchev–Trinajstić information content (AvgIpc) is 2.67. The van der Waals surface area contributed by atoms with Crippen LogP contribution in [0.2, 0.25) is 0 Å². The normalized spacial score (nSPS) is 8.78. The van der Waals surface area contributed by atoms with Crippen molar-refractivity contribution in [3.05, 3.63) is 48.2 Å². The van der Waals surface area contributed by atoms with Gasteiger partial charge >= 0.3 is 18.0 Å². The Morgan fingerprint density at radius 1 is 1.07 bits per heavy atom. The van der Waals surface area contributed by atoms with Gasteiger partial charge in [-0.25, -0.2) is 14.5 Å². The molecular formula is C20H33N3O4. The third kappa shape index (κ3) is 12.2. The first-order valence-corrected chi connectivity index (χ1v) is 9.18. The Kier molecular flexibility index (Phi) is 16.3. The highest BCUT2D eigenvalue weighted by molar-refractivity contribution is 5.93. The van der Waals surface area contributed by atoms with E-state index >= 15 is 0 Å². The number of hydrogen-bond acceptors (Lipinski definition) is 3. The van der Waals surface area contributed by atoms with E-state index in [1.165, 1.54) is 6.20 Å². The average molecular weight is 380 g/mol. The lowest BCUT2D eigenvalue weighted by atomic mass is 10.1. The van der Waals surface area contributed by atoms with Gasteiger partial charge in [-0.2, -0.15) is 0 Å². The summed E-state index contributed by atoms with van der Waals surface area (Å²) in [4.78, 5) is 35.5. The summed E-state index contributed by atoms with van der Waals surface area (Å²) >= 11 is 0. The fourth-order valence-electron chi connectivity index (χ4n) is 1.83. The van der Waals surface area contributed by atoms with Crippen LogP contribution in [0, 0.1) is 6.92 Å². The van der Waals surface area contributed by atoms with Crippen molar-refractivity contribution in [1.29, 1.82) is 0 Å². The lowest BCUT2D eigenvalue weighted by Gasteiger charge is -2.20. The molecule has 0 aliphatic heterocycles. The van der Waals surface area contributed by atoms with Crippen molar-refractivity contribution in [2.24, 2.45) is 0 Å². The van der Waals surface area contributed by atoms with E-state index in [1.807, 2.05) is 58.9 Å². The monoisotopic (exact) mass is 379 g/mol. The number of hydrogen-bond donors (Lipinski definition) is 3. The Labute approximate surface area is 162 Å². The van der Waals surface area contributed by atoms with Crippen molar-refractivity contribution in [2.45, 2.75) is 54.0 Å². The third-order valence-electron chi connectivity index (χ3n) is 3.05. The number of rotatable bonds is 7. The van der Waals surface area contributed by atoms with E-state index in [0.717, 1.165) is 16.0 Å². The van der Waals surface area contributed by atoms with Gasteiger partial charge in [0.05, 0.1) is 0 Å². The summed E-state index contributed by atoms with van der Waals surface area (Å²) in [5.74, 6) is -0.978. The Bertz CT molecular complexity index is 571. The Morgan fingerprint density at radius 3 is 2.11 bits per heavy atom. The third-order valence-corrected chi connectivity index (χ3v) is 3.05. The second-order valence-electron chi connectivity index (χ2n) is 4.95. The molecule has 0 saturated carbocycles. The lowest BCUT2D eigenvalue weighted by molar-refractivity contribution is -0.137. The van der Waals surface area contributed by atoms with Crippen LogP contribution in [-0.2, 0) is 11.3 Å². The Morgan fingerprint density at radius 2 is 1.63 bits per heavy atom. The van der Waals surface area contributed by atoms with Crippen LogP contribution in [0.25, 0.3) is 0 Å². The van der Waals surface area contributed by atoms with Crippen LogP contribution in [0.1, 0.15) is 51.7 Å². The van der Waals surface area contributed by atoms with E-state index in [1.54, 1.807) is 0 Å². The molecule has 0 aromatic heterocycles. The Hall–Kier alpha value is -2.83. The molecule has 0 bridgehead atoms. The summed E-state index contributed by atoms with van der Waals surface area (Å²) < 4.78 is 0. The molecule has 0 heterocycles. The van der Waals surface area contributed by atoms with E-state index in [0.29, 0.717) is 0 Å². The van der Waals surface area contributed by atoms with Crippen LogP contribution in [0.15, 0.2) is 37.0 Å². The van der Waals surface area contributed by atoms with Gasteiger partial charge in [0.25, 0.3) is 0 Å². The van der Waals surface area contributed by atoms with E-state index in [9.17, 15) is 14.4 Å². The molecule has 1 rings (SSSR count). The van der Waals surface area contributed by atoms with E-state index in [4.69, 9.17) is 5.11 Å². The molecule has 152 valence electrons. The molecule has 3 N–H and O–H groups in total. The van der Waals surface area contributed by atoms with Crippen molar-refractivity contribution < 1.29 is 19.5 Å². The standard InChI is InChI=1S/C16H21N3O4.2C2H6/c1-3-17-15(22)19(10-4-5-14(20)21)16(23)18-11-13-8-6-12(2)7-9-13;2*1-2/h3,6-9H,1,4-5,10-11H2,2H3,(H,17,22)(H,18,23)(H,20,21);2*1-2H3. The minimum Gasteiger partial charge on any atom is -0.481 e. The van der Waals surface area contributed by atoms with Gasteiger partial charge in [-0.3, -0.25) is 4.79 Å². The summed E-state index contributed by atoms with van der Waals surface area (Å²) in [6.07, 6.45) is 1.22. The van der Waals surface area contributed by atoms with Crippen molar-refractivity contribution >= 4 is 18.0 Å². The summed E-state index contributed by atoms with van der Waals surface area (Å²) in [6.45, 7) is 13.6. The van der Waals surface area contributed by atoms with Crippen molar-refractivity contribution in [3.8, 4) is 0 Å².